The molecule has 1 atom stereocenters. The van der Waals surface area contributed by atoms with Crippen LogP contribution in [0.4, 0.5) is 5.69 Å². The summed E-state index contributed by atoms with van der Waals surface area (Å²) >= 11 is 0. The first-order valence-electron chi connectivity index (χ1n) is 6.99. The van der Waals surface area contributed by atoms with Crippen molar-refractivity contribution in [3.63, 3.8) is 0 Å². The van der Waals surface area contributed by atoms with Crippen LogP contribution in [0.2, 0.25) is 0 Å². The van der Waals surface area contributed by atoms with Gasteiger partial charge in [0, 0.05) is 31.5 Å². The minimum absolute atomic E-state index is 0.352. The van der Waals surface area contributed by atoms with Gasteiger partial charge in [-0.05, 0) is 44.5 Å². The normalized spacial score (nSPS) is 20.4. The second-order valence-corrected chi connectivity index (χ2v) is 5.04. The summed E-state index contributed by atoms with van der Waals surface area (Å²) in [6.45, 7) is 5.65. The number of likely N-dealkylation sites (tertiary alicyclic amines) is 1. The minimum Gasteiger partial charge on any atom is -0.494 e. The summed E-state index contributed by atoms with van der Waals surface area (Å²) in [6, 6.07) is 5.87. The maximum Gasteiger partial charge on any atom is 0.123 e. The van der Waals surface area contributed by atoms with Crippen LogP contribution in [0.1, 0.15) is 25.3 Å². The van der Waals surface area contributed by atoms with E-state index in [2.05, 4.69) is 4.90 Å². The molecule has 0 spiro atoms. The van der Waals surface area contributed by atoms with Gasteiger partial charge in [0.25, 0.3) is 0 Å². The Kier molecular flexibility index (Phi) is 5.05. The topological polar surface area (TPSA) is 47.7 Å². The fourth-order valence-corrected chi connectivity index (χ4v) is 2.61. The molecule has 19 heavy (non-hydrogen) atoms. The highest BCUT2D eigenvalue weighted by Gasteiger charge is 2.20. The number of anilines is 1. The fraction of sp³-hybridized carbons (Fsp3) is 0.600. The average molecular weight is 264 g/mol. The Morgan fingerprint density at radius 3 is 3.00 bits per heavy atom. The SMILES string of the molecule is CCOc1ccc(N)cc1CN1CCCC(OC)C1. The summed E-state index contributed by atoms with van der Waals surface area (Å²) in [6.07, 6.45) is 2.69. The molecule has 106 valence electrons. The van der Waals surface area contributed by atoms with Crippen molar-refractivity contribution < 1.29 is 9.47 Å². The van der Waals surface area contributed by atoms with E-state index in [0.29, 0.717) is 12.7 Å². The van der Waals surface area contributed by atoms with Gasteiger partial charge >= 0.3 is 0 Å². The number of nitrogen functional groups attached to an aromatic ring is 1. The Labute approximate surface area is 115 Å². The first kappa shape index (κ1) is 14.2. The molecule has 1 aliphatic rings. The van der Waals surface area contributed by atoms with Gasteiger partial charge in [-0.1, -0.05) is 0 Å². The quantitative estimate of drug-likeness (QED) is 0.829. The van der Waals surface area contributed by atoms with E-state index < -0.39 is 0 Å². The molecule has 1 saturated heterocycles. The molecule has 2 rings (SSSR count). The second-order valence-electron chi connectivity index (χ2n) is 5.04. The summed E-state index contributed by atoms with van der Waals surface area (Å²) < 4.78 is 11.1. The third-order valence-corrected chi connectivity index (χ3v) is 3.57. The molecule has 4 heteroatoms. The first-order valence-corrected chi connectivity index (χ1v) is 6.99. The number of hydrogen-bond donors (Lipinski definition) is 1. The molecule has 1 heterocycles. The van der Waals surface area contributed by atoms with Crippen LogP contribution >= 0.6 is 0 Å². The van der Waals surface area contributed by atoms with E-state index in [1.54, 1.807) is 7.11 Å². The van der Waals surface area contributed by atoms with Gasteiger partial charge in [0.05, 0.1) is 12.7 Å². The highest BCUT2D eigenvalue weighted by molar-refractivity contribution is 5.47. The number of benzene rings is 1. The summed E-state index contributed by atoms with van der Waals surface area (Å²) in [5.41, 5.74) is 7.84. The highest BCUT2D eigenvalue weighted by atomic mass is 16.5. The van der Waals surface area contributed by atoms with Crippen molar-refractivity contribution in [2.45, 2.75) is 32.4 Å². The van der Waals surface area contributed by atoms with Gasteiger partial charge in [-0.2, -0.15) is 0 Å². The van der Waals surface area contributed by atoms with Crippen molar-refractivity contribution >= 4 is 5.69 Å². The zero-order valence-corrected chi connectivity index (χ0v) is 11.9. The maximum atomic E-state index is 5.88. The molecule has 0 bridgehead atoms. The van der Waals surface area contributed by atoms with E-state index >= 15 is 0 Å². The van der Waals surface area contributed by atoms with Crippen molar-refractivity contribution in [1.29, 1.82) is 0 Å². The van der Waals surface area contributed by atoms with Crippen LogP contribution in [0.15, 0.2) is 18.2 Å². The van der Waals surface area contributed by atoms with E-state index in [0.717, 1.165) is 37.5 Å². The number of hydrogen-bond acceptors (Lipinski definition) is 4. The number of ether oxygens (including phenoxy) is 2. The molecule has 0 radical (unpaired) electrons. The molecular weight excluding hydrogens is 240 g/mol. The molecule has 1 aromatic rings. The molecule has 1 aliphatic heterocycles. The van der Waals surface area contributed by atoms with Crippen LogP contribution in [0.3, 0.4) is 0 Å². The number of nitrogens with two attached hydrogens (primary N) is 1. The lowest BCUT2D eigenvalue weighted by Gasteiger charge is -2.32. The largest absolute Gasteiger partial charge is 0.494 e. The van der Waals surface area contributed by atoms with Crippen LogP contribution in [0, 0.1) is 0 Å². The Morgan fingerprint density at radius 2 is 2.26 bits per heavy atom. The summed E-state index contributed by atoms with van der Waals surface area (Å²) in [7, 11) is 1.79. The molecule has 0 saturated carbocycles. The zero-order valence-electron chi connectivity index (χ0n) is 11.9. The van der Waals surface area contributed by atoms with E-state index in [1.807, 2.05) is 25.1 Å². The van der Waals surface area contributed by atoms with Gasteiger partial charge in [-0.25, -0.2) is 0 Å². The first-order chi connectivity index (χ1) is 9.22. The number of rotatable bonds is 5. The van der Waals surface area contributed by atoms with Gasteiger partial charge in [-0.15, -0.1) is 0 Å². The van der Waals surface area contributed by atoms with Gasteiger partial charge in [0.2, 0.25) is 0 Å². The van der Waals surface area contributed by atoms with Crippen molar-refractivity contribution in [2.24, 2.45) is 0 Å². The Morgan fingerprint density at radius 1 is 1.42 bits per heavy atom. The molecule has 1 fully saturated rings. The van der Waals surface area contributed by atoms with Crippen molar-refractivity contribution in [3.05, 3.63) is 23.8 Å². The Balaban J connectivity index is 2.06. The van der Waals surface area contributed by atoms with Crippen molar-refractivity contribution in [2.75, 3.05) is 32.5 Å². The van der Waals surface area contributed by atoms with Gasteiger partial charge in [0.15, 0.2) is 0 Å². The molecule has 1 aromatic carbocycles. The summed E-state index contributed by atoms with van der Waals surface area (Å²) in [5.74, 6) is 0.941. The van der Waals surface area contributed by atoms with E-state index in [1.165, 1.54) is 12.0 Å². The molecule has 1 unspecified atom stereocenters. The van der Waals surface area contributed by atoms with E-state index in [4.69, 9.17) is 15.2 Å². The molecule has 0 aliphatic carbocycles. The molecule has 2 N–H and O–H groups in total. The van der Waals surface area contributed by atoms with Gasteiger partial charge in [0.1, 0.15) is 5.75 Å². The summed E-state index contributed by atoms with van der Waals surface area (Å²) in [4.78, 5) is 2.41. The van der Waals surface area contributed by atoms with E-state index in [9.17, 15) is 0 Å². The van der Waals surface area contributed by atoms with E-state index in [-0.39, 0.29) is 0 Å². The second kappa shape index (κ2) is 6.78. The lowest BCUT2D eigenvalue weighted by atomic mass is 10.1. The van der Waals surface area contributed by atoms with Crippen LogP contribution < -0.4 is 10.5 Å². The Bertz CT molecular complexity index is 409. The van der Waals surface area contributed by atoms with Crippen molar-refractivity contribution in [1.82, 2.24) is 4.90 Å². The molecule has 4 nitrogen and oxygen atoms in total. The number of piperidine rings is 1. The monoisotopic (exact) mass is 264 g/mol. The van der Waals surface area contributed by atoms with Crippen LogP contribution in [0.25, 0.3) is 0 Å². The van der Waals surface area contributed by atoms with Gasteiger partial charge in [-0.3, -0.25) is 4.90 Å². The zero-order chi connectivity index (χ0) is 13.7. The molecular formula is C15H24N2O2. The standard InChI is InChI=1S/C15H24N2O2/c1-3-19-15-7-6-13(16)9-12(15)10-17-8-4-5-14(11-17)18-2/h6-7,9,14H,3-5,8,10-11,16H2,1-2H3. The number of methoxy groups -OCH3 is 1. The predicted octanol–water partition coefficient (Wildman–Crippen LogP) is 2.28. The average Bonchev–Trinajstić information content (AvgIpc) is 2.42. The maximum absolute atomic E-state index is 5.88. The van der Waals surface area contributed by atoms with Crippen LogP contribution in [-0.4, -0.2) is 37.8 Å². The highest BCUT2D eigenvalue weighted by Crippen LogP contribution is 2.24. The third kappa shape index (κ3) is 3.85. The minimum atomic E-state index is 0.352. The predicted molar refractivity (Wildman–Crippen MR) is 77.3 cm³/mol. The third-order valence-electron chi connectivity index (χ3n) is 3.57. The Hall–Kier alpha value is -1.26. The molecule has 0 aromatic heterocycles. The number of nitrogens with zero attached hydrogens (tertiary/aromatic N) is 1. The van der Waals surface area contributed by atoms with Crippen molar-refractivity contribution in [3.8, 4) is 5.75 Å². The summed E-state index contributed by atoms with van der Waals surface area (Å²) in [5, 5.41) is 0. The van der Waals surface area contributed by atoms with Crippen LogP contribution in [-0.2, 0) is 11.3 Å². The lowest BCUT2D eigenvalue weighted by molar-refractivity contribution is 0.0283. The molecule has 0 amide bonds. The fourth-order valence-electron chi connectivity index (χ4n) is 2.61. The van der Waals surface area contributed by atoms with Crippen LogP contribution in [0.5, 0.6) is 5.75 Å². The lowest BCUT2D eigenvalue weighted by Crippen LogP contribution is -2.38. The smallest absolute Gasteiger partial charge is 0.123 e. The van der Waals surface area contributed by atoms with Gasteiger partial charge < -0.3 is 15.2 Å².